The molecule has 0 unspecified atom stereocenters. The molecule has 0 aromatic rings. The summed E-state index contributed by atoms with van der Waals surface area (Å²) >= 11 is 3.42. The van der Waals surface area contributed by atoms with Gasteiger partial charge in [-0.15, -0.1) is 0 Å². The van der Waals surface area contributed by atoms with Gasteiger partial charge in [0.05, 0.1) is 10.5 Å². The Bertz CT molecular complexity index is 330. The van der Waals surface area contributed by atoms with Gasteiger partial charge in [0.1, 0.15) is 6.04 Å². The van der Waals surface area contributed by atoms with E-state index in [-0.39, 0.29) is 16.9 Å². The summed E-state index contributed by atoms with van der Waals surface area (Å²) in [7, 11) is 0. The van der Waals surface area contributed by atoms with E-state index in [9.17, 15) is 14.4 Å². The molecular formula is C10H18IN3O4S. The molecule has 0 fully saturated rings. The molecule has 2 amide bonds. The number of carbonyl (C=O) groups excluding carboxylic acids is 2. The number of thioether (sulfide) groups is 1. The van der Waals surface area contributed by atoms with Gasteiger partial charge in [0.2, 0.25) is 11.8 Å². The van der Waals surface area contributed by atoms with Gasteiger partial charge in [-0.25, -0.2) is 4.79 Å². The number of hydrogen-bond donors (Lipinski definition) is 4. The summed E-state index contributed by atoms with van der Waals surface area (Å²) in [6, 6.07) is -1.91. The minimum Gasteiger partial charge on any atom is -0.480 e. The Kier molecular flexibility index (Phi) is 9.97. The van der Waals surface area contributed by atoms with E-state index in [1.54, 1.807) is 11.8 Å². The van der Waals surface area contributed by atoms with E-state index in [0.29, 0.717) is 6.42 Å². The Morgan fingerprint density at radius 1 is 1.42 bits per heavy atom. The quantitative estimate of drug-likeness (QED) is 0.295. The first-order valence-electron chi connectivity index (χ1n) is 5.52. The van der Waals surface area contributed by atoms with Crippen molar-refractivity contribution in [3.63, 3.8) is 0 Å². The summed E-state index contributed by atoms with van der Waals surface area (Å²) < 4.78 is 0.227. The van der Waals surface area contributed by atoms with Crippen molar-refractivity contribution in [3.8, 4) is 0 Å². The Balaban J connectivity index is 4.29. The number of alkyl halides is 1. The van der Waals surface area contributed by atoms with Crippen LogP contribution in [0.15, 0.2) is 0 Å². The third kappa shape index (κ3) is 8.26. The van der Waals surface area contributed by atoms with Crippen molar-refractivity contribution < 1.29 is 19.5 Å². The third-order valence-corrected chi connectivity index (χ3v) is 3.55. The number of carbonyl (C=O) groups is 3. The van der Waals surface area contributed by atoms with Crippen LogP contribution in [0.4, 0.5) is 0 Å². The summed E-state index contributed by atoms with van der Waals surface area (Å²) in [4.78, 5) is 33.7. The SMILES string of the molecule is CSCC[C@H](N)C(=O)N[C@@H](CNC(=O)CI)C(=O)O. The number of carboxylic acid groups (broad SMARTS) is 1. The van der Waals surface area contributed by atoms with Crippen molar-refractivity contribution in [3.05, 3.63) is 0 Å². The number of carboxylic acids is 1. The van der Waals surface area contributed by atoms with Gasteiger partial charge in [-0.3, -0.25) is 9.59 Å². The Morgan fingerprint density at radius 3 is 2.53 bits per heavy atom. The molecule has 7 nitrogen and oxygen atoms in total. The first kappa shape index (κ1) is 18.4. The van der Waals surface area contributed by atoms with Crippen LogP contribution in [0.3, 0.4) is 0 Å². The van der Waals surface area contributed by atoms with E-state index >= 15 is 0 Å². The second-order valence-electron chi connectivity index (χ2n) is 3.73. The van der Waals surface area contributed by atoms with E-state index in [1.165, 1.54) is 0 Å². The molecule has 0 saturated carbocycles. The van der Waals surface area contributed by atoms with Gasteiger partial charge in [-0.2, -0.15) is 11.8 Å². The molecule has 9 heteroatoms. The highest BCUT2D eigenvalue weighted by molar-refractivity contribution is 14.1. The maximum Gasteiger partial charge on any atom is 0.328 e. The standard InChI is InChI=1S/C10H18IN3O4S/c1-19-3-2-6(12)9(16)14-7(10(17)18)5-13-8(15)4-11/h6-7H,2-5,12H2,1H3,(H,13,15)(H,14,16)(H,17,18)/t6-,7-/m0/s1. The van der Waals surface area contributed by atoms with E-state index < -0.39 is 24.0 Å². The fourth-order valence-corrected chi connectivity index (χ4v) is 1.88. The molecule has 2 atom stereocenters. The predicted octanol–water partition coefficient (Wildman–Crippen LogP) is -0.813. The van der Waals surface area contributed by atoms with Gasteiger partial charge >= 0.3 is 5.97 Å². The summed E-state index contributed by atoms with van der Waals surface area (Å²) in [5.74, 6) is -1.30. The lowest BCUT2D eigenvalue weighted by atomic mass is 10.2. The molecule has 0 aliphatic rings. The van der Waals surface area contributed by atoms with Crippen LogP contribution in [0, 0.1) is 0 Å². The molecule has 0 radical (unpaired) electrons. The van der Waals surface area contributed by atoms with Crippen molar-refractivity contribution in [2.24, 2.45) is 5.73 Å². The Hall–Kier alpha value is -0.550. The van der Waals surface area contributed by atoms with E-state index in [1.807, 2.05) is 28.8 Å². The molecule has 0 bridgehead atoms. The fourth-order valence-electron chi connectivity index (χ4n) is 1.12. The van der Waals surface area contributed by atoms with Crippen LogP contribution in [0.5, 0.6) is 0 Å². The number of halogens is 1. The third-order valence-electron chi connectivity index (χ3n) is 2.21. The minimum absolute atomic E-state index is 0.155. The number of hydrogen-bond acceptors (Lipinski definition) is 5. The largest absolute Gasteiger partial charge is 0.480 e. The average Bonchev–Trinajstić information content (AvgIpc) is 2.39. The van der Waals surface area contributed by atoms with Gasteiger partial charge in [-0.05, 0) is 18.4 Å². The van der Waals surface area contributed by atoms with Crippen LogP contribution in [0.2, 0.25) is 0 Å². The molecule has 19 heavy (non-hydrogen) atoms. The summed E-state index contributed by atoms with van der Waals surface area (Å²) in [5, 5.41) is 13.7. The van der Waals surface area contributed by atoms with Gasteiger partial charge in [0, 0.05) is 6.54 Å². The summed E-state index contributed by atoms with van der Waals surface area (Å²) in [6.07, 6.45) is 2.36. The van der Waals surface area contributed by atoms with Crippen LogP contribution in [0.1, 0.15) is 6.42 Å². The maximum atomic E-state index is 11.7. The van der Waals surface area contributed by atoms with Gasteiger partial charge in [0.25, 0.3) is 0 Å². The van der Waals surface area contributed by atoms with E-state index in [4.69, 9.17) is 10.8 Å². The van der Waals surface area contributed by atoms with E-state index in [2.05, 4.69) is 10.6 Å². The smallest absolute Gasteiger partial charge is 0.328 e. The predicted molar refractivity (Wildman–Crippen MR) is 82.4 cm³/mol. The molecule has 0 aliphatic carbocycles. The zero-order valence-electron chi connectivity index (χ0n) is 10.5. The van der Waals surface area contributed by atoms with Crippen molar-refractivity contribution in [2.75, 3.05) is 23.0 Å². The molecule has 5 N–H and O–H groups in total. The van der Waals surface area contributed by atoms with Crippen LogP contribution >= 0.6 is 34.4 Å². The second kappa shape index (κ2) is 10.3. The van der Waals surface area contributed by atoms with Crippen LogP contribution in [-0.2, 0) is 14.4 Å². The Labute approximate surface area is 129 Å². The monoisotopic (exact) mass is 403 g/mol. The molecular weight excluding hydrogens is 385 g/mol. The van der Waals surface area contributed by atoms with Crippen molar-refractivity contribution in [2.45, 2.75) is 18.5 Å². The number of aliphatic carboxylic acids is 1. The minimum atomic E-state index is -1.21. The highest BCUT2D eigenvalue weighted by Gasteiger charge is 2.23. The summed E-state index contributed by atoms with van der Waals surface area (Å²) in [5.41, 5.74) is 5.63. The molecule has 0 rings (SSSR count). The highest BCUT2D eigenvalue weighted by atomic mass is 127. The lowest BCUT2D eigenvalue weighted by Crippen LogP contribution is -2.53. The van der Waals surface area contributed by atoms with Crippen LogP contribution < -0.4 is 16.4 Å². The summed E-state index contributed by atoms with van der Waals surface area (Å²) in [6.45, 7) is -0.155. The second-order valence-corrected chi connectivity index (χ2v) is 5.47. The van der Waals surface area contributed by atoms with Crippen molar-refractivity contribution >= 4 is 52.1 Å². The molecule has 0 saturated heterocycles. The van der Waals surface area contributed by atoms with Crippen LogP contribution in [-0.4, -0.2) is 58.0 Å². The lowest BCUT2D eigenvalue weighted by molar-refractivity contribution is -0.142. The van der Waals surface area contributed by atoms with E-state index in [0.717, 1.165) is 5.75 Å². The number of amides is 2. The highest BCUT2D eigenvalue weighted by Crippen LogP contribution is 1.99. The van der Waals surface area contributed by atoms with Gasteiger partial charge in [-0.1, -0.05) is 22.6 Å². The number of rotatable bonds is 9. The van der Waals surface area contributed by atoms with Gasteiger partial charge in [0.15, 0.2) is 0 Å². The van der Waals surface area contributed by atoms with Gasteiger partial charge < -0.3 is 21.5 Å². The van der Waals surface area contributed by atoms with Crippen molar-refractivity contribution in [1.29, 1.82) is 0 Å². The zero-order valence-corrected chi connectivity index (χ0v) is 13.5. The molecule has 0 aromatic carbocycles. The topological polar surface area (TPSA) is 122 Å². The normalized spacial score (nSPS) is 13.4. The molecule has 110 valence electrons. The fraction of sp³-hybridized carbons (Fsp3) is 0.700. The number of nitrogens with two attached hydrogens (primary N) is 1. The average molecular weight is 403 g/mol. The first-order valence-corrected chi connectivity index (χ1v) is 8.44. The molecule has 0 aromatic heterocycles. The zero-order chi connectivity index (χ0) is 14.8. The maximum absolute atomic E-state index is 11.7. The molecule has 0 aliphatic heterocycles. The lowest BCUT2D eigenvalue weighted by Gasteiger charge is -2.18. The van der Waals surface area contributed by atoms with Crippen LogP contribution in [0.25, 0.3) is 0 Å². The number of nitrogens with one attached hydrogen (secondary N) is 2. The first-order chi connectivity index (χ1) is 8.92. The molecule has 0 heterocycles. The molecule has 0 spiro atoms. The van der Waals surface area contributed by atoms with Crippen molar-refractivity contribution in [1.82, 2.24) is 10.6 Å². The Morgan fingerprint density at radius 2 is 2.05 bits per heavy atom.